The summed E-state index contributed by atoms with van der Waals surface area (Å²) in [6.07, 6.45) is -0.743. The lowest BCUT2D eigenvalue weighted by Gasteiger charge is -2.35. The average Bonchev–Trinajstić information content (AvgIpc) is 3.34. The molecule has 0 fully saturated rings. The van der Waals surface area contributed by atoms with Gasteiger partial charge in [-0.25, -0.2) is 19.0 Å². The molecule has 0 saturated heterocycles. The van der Waals surface area contributed by atoms with Crippen LogP contribution in [0.3, 0.4) is 0 Å². The van der Waals surface area contributed by atoms with Crippen molar-refractivity contribution < 1.29 is 42.9 Å². The number of aliphatic carboxylic acids is 1. The number of cyclic esters (lactones) is 1. The number of ether oxygens (including phenoxy) is 3. The predicted molar refractivity (Wildman–Crippen MR) is 160 cm³/mol. The van der Waals surface area contributed by atoms with E-state index >= 15 is 4.39 Å². The molecule has 2 N–H and O–H groups in total. The van der Waals surface area contributed by atoms with Crippen LogP contribution in [0, 0.1) is 12.7 Å². The molecule has 242 valence electrons. The summed E-state index contributed by atoms with van der Waals surface area (Å²) in [5.41, 5.74) is 0.738. The highest BCUT2D eigenvalue weighted by Gasteiger charge is 2.50. The third kappa shape index (κ3) is 4.97. The molecule has 13 heteroatoms. The number of carboxylic acids is 1. The monoisotopic (exact) mass is 635 g/mol. The number of halogens is 1. The highest BCUT2D eigenvalue weighted by Crippen LogP contribution is 2.46. The fourth-order valence-corrected chi connectivity index (χ4v) is 6.76. The Morgan fingerprint density at radius 1 is 1.17 bits per heavy atom. The maximum Gasteiger partial charge on any atom is 0.408 e. The van der Waals surface area contributed by atoms with E-state index in [0.717, 1.165) is 5.56 Å². The van der Waals surface area contributed by atoms with E-state index in [4.69, 9.17) is 24.3 Å². The number of fused-ring (bicyclic) bond motifs is 5. The van der Waals surface area contributed by atoms with E-state index in [2.05, 4.69) is 5.32 Å². The number of pyridine rings is 2. The van der Waals surface area contributed by atoms with Gasteiger partial charge in [0.05, 0.1) is 47.9 Å². The van der Waals surface area contributed by atoms with E-state index < -0.39 is 65.5 Å². The van der Waals surface area contributed by atoms with Crippen LogP contribution >= 0.6 is 0 Å². The zero-order valence-corrected chi connectivity index (χ0v) is 26.2. The van der Waals surface area contributed by atoms with Crippen LogP contribution in [-0.4, -0.2) is 44.3 Å². The van der Waals surface area contributed by atoms with E-state index in [1.54, 1.807) is 40.7 Å². The highest BCUT2D eigenvalue weighted by molar-refractivity contribution is 5.94. The summed E-state index contributed by atoms with van der Waals surface area (Å²) in [6, 6.07) is 2.39. The van der Waals surface area contributed by atoms with Gasteiger partial charge in [0, 0.05) is 22.6 Å². The Morgan fingerprint density at radius 3 is 2.59 bits per heavy atom. The van der Waals surface area contributed by atoms with E-state index in [1.165, 1.54) is 10.6 Å². The molecule has 2 aromatic heterocycles. The molecule has 1 aliphatic carbocycles. The maximum atomic E-state index is 15.2. The number of aromatic nitrogens is 2. The number of aryl methyl sites for hydroxylation is 1. The molecule has 3 aromatic rings. The molecule has 46 heavy (non-hydrogen) atoms. The topological polar surface area (TPSA) is 163 Å². The Bertz CT molecular complexity index is 1930. The zero-order chi connectivity index (χ0) is 33.3. The number of carbonyl (C=O) groups excluding carboxylic acids is 3. The van der Waals surface area contributed by atoms with Gasteiger partial charge < -0.3 is 29.2 Å². The minimum absolute atomic E-state index is 0.0838. The van der Waals surface area contributed by atoms with Crippen LogP contribution in [0.5, 0.6) is 0 Å². The molecule has 1 aromatic carbocycles. The van der Waals surface area contributed by atoms with Crippen LogP contribution < -0.4 is 10.9 Å². The van der Waals surface area contributed by atoms with Crippen molar-refractivity contribution in [1.29, 1.82) is 0 Å². The summed E-state index contributed by atoms with van der Waals surface area (Å²) < 4.78 is 33.2. The number of amides is 1. The molecular weight excluding hydrogens is 601 g/mol. The van der Waals surface area contributed by atoms with Gasteiger partial charge in [-0.2, -0.15) is 0 Å². The Labute approximate surface area is 262 Å². The second-order valence-electron chi connectivity index (χ2n) is 12.9. The molecule has 2 atom stereocenters. The quantitative estimate of drug-likeness (QED) is 0.229. The van der Waals surface area contributed by atoms with Gasteiger partial charge in [-0.15, -0.1) is 0 Å². The number of carbonyl (C=O) groups is 4. The Morgan fingerprint density at radius 2 is 1.91 bits per heavy atom. The van der Waals surface area contributed by atoms with Crippen molar-refractivity contribution in [1.82, 2.24) is 14.9 Å². The van der Waals surface area contributed by atoms with Crippen LogP contribution in [0.25, 0.3) is 22.3 Å². The highest BCUT2D eigenvalue weighted by atomic mass is 19.1. The third-order valence-corrected chi connectivity index (χ3v) is 8.87. The molecule has 3 aliphatic rings. The number of benzene rings is 1. The van der Waals surface area contributed by atoms with Crippen molar-refractivity contribution in [3.63, 3.8) is 0 Å². The summed E-state index contributed by atoms with van der Waals surface area (Å²) in [5.74, 6) is -3.45. The number of alkyl carbamates (subject to hydrolysis) is 1. The molecule has 4 heterocycles. The van der Waals surface area contributed by atoms with Gasteiger partial charge in [-0.3, -0.25) is 14.4 Å². The molecule has 0 unspecified atom stereocenters. The molecule has 0 radical (unpaired) electrons. The molecule has 0 saturated carbocycles. The number of rotatable bonds is 6. The van der Waals surface area contributed by atoms with Gasteiger partial charge >= 0.3 is 24.0 Å². The molecule has 6 rings (SSSR count). The lowest BCUT2D eigenvalue weighted by Crippen LogP contribution is -2.47. The zero-order valence-electron chi connectivity index (χ0n) is 26.2. The Kier molecular flexibility index (Phi) is 7.40. The van der Waals surface area contributed by atoms with Crippen LogP contribution in [0.4, 0.5) is 9.18 Å². The lowest BCUT2D eigenvalue weighted by molar-refractivity contribution is -0.189. The number of hydrogen-bond donors (Lipinski definition) is 2. The van der Waals surface area contributed by atoms with Gasteiger partial charge in [0.2, 0.25) is 5.60 Å². The SMILES string of the molecule is CC[C@@]1(OC(=O)CCC(=O)O)C(=O)OCc2c1cc1n(c2=O)Cc2c-1nc1cc(F)c(C)c3c1c2[C@@H](NC(=O)OC(C)(C)C)CC3. The second kappa shape index (κ2) is 10.9. The number of esters is 2. The third-order valence-electron chi connectivity index (χ3n) is 8.87. The molecular formula is C33H34FN3O9. The molecule has 0 bridgehead atoms. The van der Waals surface area contributed by atoms with Gasteiger partial charge in [-0.05, 0) is 69.7 Å². The predicted octanol–water partition coefficient (Wildman–Crippen LogP) is 4.45. The van der Waals surface area contributed by atoms with E-state index in [0.29, 0.717) is 51.8 Å². The molecule has 2 aliphatic heterocycles. The number of nitrogens with one attached hydrogen (secondary N) is 1. The largest absolute Gasteiger partial charge is 0.481 e. The van der Waals surface area contributed by atoms with Crippen molar-refractivity contribution in [2.24, 2.45) is 0 Å². The summed E-state index contributed by atoms with van der Waals surface area (Å²) in [6.45, 7) is 8.31. The Hall–Kier alpha value is -4.81. The van der Waals surface area contributed by atoms with Crippen LogP contribution in [0.2, 0.25) is 0 Å². The maximum absolute atomic E-state index is 15.2. The first kappa shape index (κ1) is 31.2. The van der Waals surface area contributed by atoms with Crippen LogP contribution in [-0.2, 0) is 53.8 Å². The first-order valence-electron chi connectivity index (χ1n) is 15.2. The second-order valence-corrected chi connectivity index (χ2v) is 12.9. The minimum atomic E-state index is -1.98. The lowest BCUT2D eigenvalue weighted by atomic mass is 9.81. The number of nitrogens with zero attached hydrogens (tertiary/aromatic N) is 2. The fourth-order valence-electron chi connectivity index (χ4n) is 6.76. The normalized spacial score (nSPS) is 19.5. The summed E-state index contributed by atoms with van der Waals surface area (Å²) in [5, 5.41) is 12.7. The van der Waals surface area contributed by atoms with E-state index in [1.807, 2.05) is 0 Å². The summed E-state index contributed by atoms with van der Waals surface area (Å²) >= 11 is 0. The van der Waals surface area contributed by atoms with Crippen molar-refractivity contribution >= 4 is 34.9 Å². The fraction of sp³-hybridized carbons (Fsp3) is 0.455. The molecule has 12 nitrogen and oxygen atoms in total. The summed E-state index contributed by atoms with van der Waals surface area (Å²) in [4.78, 5) is 68.9. The van der Waals surface area contributed by atoms with Gasteiger partial charge in [0.25, 0.3) is 5.56 Å². The first-order valence-corrected chi connectivity index (χ1v) is 15.2. The van der Waals surface area contributed by atoms with Crippen LogP contribution in [0.15, 0.2) is 16.9 Å². The minimum Gasteiger partial charge on any atom is -0.481 e. The standard InChI is InChI=1S/C33H34FN3O9/c1-6-33(45-25(40)10-9-24(38)39)19-11-23-28-17(13-37(23)29(41)18(19)14-44-30(33)42)27-21(36-31(43)46-32(3,4)5)8-7-16-15(2)20(34)12-22(35-28)26(16)27/h11-12,21H,6-10,13-14H2,1-5H3,(H,36,43)(H,38,39)/t21-,33-/m0/s1. The first-order chi connectivity index (χ1) is 21.6. The van der Waals surface area contributed by atoms with Crippen LogP contribution in [0.1, 0.15) is 92.8 Å². The summed E-state index contributed by atoms with van der Waals surface area (Å²) in [7, 11) is 0. The van der Waals surface area contributed by atoms with E-state index in [9.17, 15) is 24.0 Å². The average molecular weight is 636 g/mol. The van der Waals surface area contributed by atoms with Crippen molar-refractivity contribution in [2.45, 2.75) is 97.1 Å². The van der Waals surface area contributed by atoms with Crippen molar-refractivity contribution in [3.05, 3.63) is 61.7 Å². The van der Waals surface area contributed by atoms with Gasteiger partial charge in [0.1, 0.15) is 18.0 Å². The Balaban J connectivity index is 1.54. The van der Waals surface area contributed by atoms with Crippen molar-refractivity contribution in [2.75, 3.05) is 0 Å². The molecule has 1 amide bonds. The van der Waals surface area contributed by atoms with Crippen molar-refractivity contribution in [3.8, 4) is 11.4 Å². The van der Waals surface area contributed by atoms with Gasteiger partial charge in [0.15, 0.2) is 0 Å². The number of carboxylic acid groups (broad SMARTS) is 1. The number of hydrogen-bond acceptors (Lipinski definition) is 9. The van der Waals surface area contributed by atoms with E-state index in [-0.39, 0.29) is 30.7 Å². The smallest absolute Gasteiger partial charge is 0.408 e. The molecule has 0 spiro atoms. The van der Waals surface area contributed by atoms with Gasteiger partial charge in [-0.1, -0.05) is 6.92 Å².